The van der Waals surface area contributed by atoms with E-state index in [-0.39, 0.29) is 11.4 Å². The number of hydrogen-bond donors (Lipinski definition) is 1. The van der Waals surface area contributed by atoms with E-state index in [4.69, 9.17) is 4.74 Å². The first-order valence-electron chi connectivity index (χ1n) is 8.67. The van der Waals surface area contributed by atoms with Crippen LogP contribution in [-0.4, -0.2) is 28.4 Å². The van der Waals surface area contributed by atoms with E-state index in [1.807, 2.05) is 30.3 Å². The minimum Gasteiger partial charge on any atom is -0.452 e. The van der Waals surface area contributed by atoms with Gasteiger partial charge in [0.1, 0.15) is 0 Å². The zero-order chi connectivity index (χ0) is 20.8. The van der Waals surface area contributed by atoms with Crippen LogP contribution in [-0.2, 0) is 14.3 Å². The van der Waals surface area contributed by atoms with Gasteiger partial charge in [0.25, 0.3) is 11.6 Å². The van der Waals surface area contributed by atoms with Crippen LogP contribution in [0, 0.1) is 17.0 Å². The van der Waals surface area contributed by atoms with E-state index in [0.29, 0.717) is 5.56 Å². The molecule has 0 aliphatic carbocycles. The third-order valence-electron chi connectivity index (χ3n) is 4.10. The molecule has 0 aliphatic rings. The number of nitrogens with zero attached hydrogens (tertiary/aromatic N) is 2. The van der Waals surface area contributed by atoms with Gasteiger partial charge in [-0.2, -0.15) is 0 Å². The smallest absolute Gasteiger partial charge is 0.331 e. The third-order valence-corrected chi connectivity index (χ3v) is 4.10. The summed E-state index contributed by atoms with van der Waals surface area (Å²) in [5, 5.41) is 14.4. The number of aromatic nitrogens is 1. The Hall–Kier alpha value is -4.07. The van der Waals surface area contributed by atoms with Gasteiger partial charge >= 0.3 is 5.97 Å². The Bertz CT molecular complexity index is 1120. The molecule has 1 amide bonds. The first-order chi connectivity index (χ1) is 13.9. The Morgan fingerprint density at radius 2 is 2.00 bits per heavy atom. The van der Waals surface area contributed by atoms with Gasteiger partial charge in [-0.15, -0.1) is 0 Å². The van der Waals surface area contributed by atoms with E-state index in [2.05, 4.69) is 10.3 Å². The van der Waals surface area contributed by atoms with Gasteiger partial charge in [0.2, 0.25) is 0 Å². The van der Waals surface area contributed by atoms with Crippen molar-refractivity contribution >= 4 is 40.2 Å². The quantitative estimate of drug-likeness (QED) is 0.297. The van der Waals surface area contributed by atoms with E-state index in [1.54, 1.807) is 19.2 Å². The molecule has 3 aromatic rings. The minimum absolute atomic E-state index is 0.105. The maximum absolute atomic E-state index is 11.9. The zero-order valence-corrected chi connectivity index (χ0v) is 15.5. The number of hydrogen-bond acceptors (Lipinski definition) is 6. The largest absolute Gasteiger partial charge is 0.452 e. The van der Waals surface area contributed by atoms with E-state index >= 15 is 0 Å². The molecule has 0 aliphatic heterocycles. The molecule has 8 heteroatoms. The first kappa shape index (κ1) is 19.7. The van der Waals surface area contributed by atoms with Gasteiger partial charge in [0, 0.05) is 40.5 Å². The molecule has 29 heavy (non-hydrogen) atoms. The number of aryl methyl sites for hydroxylation is 1. The summed E-state index contributed by atoms with van der Waals surface area (Å²) in [6.45, 7) is 1.09. The monoisotopic (exact) mass is 391 g/mol. The van der Waals surface area contributed by atoms with E-state index in [1.165, 1.54) is 24.3 Å². The summed E-state index contributed by atoms with van der Waals surface area (Å²) >= 11 is 0. The molecule has 3 rings (SSSR count). The lowest BCUT2D eigenvalue weighted by molar-refractivity contribution is -0.385. The number of para-hydroxylation sites is 1. The topological polar surface area (TPSA) is 111 Å². The highest BCUT2D eigenvalue weighted by Gasteiger charge is 2.13. The van der Waals surface area contributed by atoms with E-state index < -0.39 is 23.4 Å². The van der Waals surface area contributed by atoms with Crippen molar-refractivity contribution in [3.05, 3.63) is 82.0 Å². The molecule has 2 aromatic carbocycles. The summed E-state index contributed by atoms with van der Waals surface area (Å²) in [5.74, 6) is -1.29. The number of amides is 1. The number of nitro groups is 1. The summed E-state index contributed by atoms with van der Waals surface area (Å²) in [6, 6.07) is 13.6. The van der Waals surface area contributed by atoms with Crippen LogP contribution in [0.15, 0.2) is 60.8 Å². The van der Waals surface area contributed by atoms with Crippen molar-refractivity contribution in [2.24, 2.45) is 0 Å². The van der Waals surface area contributed by atoms with Crippen LogP contribution >= 0.6 is 0 Å². The normalized spacial score (nSPS) is 10.8. The van der Waals surface area contributed by atoms with Crippen molar-refractivity contribution < 1.29 is 19.2 Å². The maximum atomic E-state index is 11.9. The minimum atomic E-state index is -0.692. The van der Waals surface area contributed by atoms with Gasteiger partial charge in [-0.05, 0) is 25.1 Å². The van der Waals surface area contributed by atoms with Gasteiger partial charge in [0.15, 0.2) is 6.61 Å². The fourth-order valence-corrected chi connectivity index (χ4v) is 2.69. The highest BCUT2D eigenvalue weighted by molar-refractivity contribution is 5.96. The molecule has 0 radical (unpaired) electrons. The summed E-state index contributed by atoms with van der Waals surface area (Å²) in [6.07, 6.45) is 4.45. The van der Waals surface area contributed by atoms with Crippen molar-refractivity contribution in [2.75, 3.05) is 11.9 Å². The van der Waals surface area contributed by atoms with Gasteiger partial charge in [0.05, 0.1) is 10.4 Å². The number of ether oxygens (including phenoxy) is 1. The summed E-state index contributed by atoms with van der Waals surface area (Å²) in [4.78, 5) is 38.6. The SMILES string of the molecule is Cc1ccc(NC(=O)COC(=O)/C=C/c2cccc3cccnc23)cc1[N+](=O)[O-]. The summed E-state index contributed by atoms with van der Waals surface area (Å²) in [5.41, 5.74) is 2.12. The average molecular weight is 391 g/mol. The van der Waals surface area contributed by atoms with Crippen molar-refractivity contribution in [2.45, 2.75) is 6.92 Å². The highest BCUT2D eigenvalue weighted by Crippen LogP contribution is 2.22. The molecule has 146 valence electrons. The molecule has 0 saturated heterocycles. The Morgan fingerprint density at radius 3 is 2.79 bits per heavy atom. The molecule has 1 aromatic heterocycles. The number of anilines is 1. The predicted molar refractivity (Wildman–Crippen MR) is 108 cm³/mol. The lowest BCUT2D eigenvalue weighted by Crippen LogP contribution is -2.20. The zero-order valence-electron chi connectivity index (χ0n) is 15.5. The molecule has 1 N–H and O–H groups in total. The number of pyridine rings is 1. The molecule has 1 heterocycles. The van der Waals surface area contributed by atoms with Crippen LogP contribution in [0.25, 0.3) is 17.0 Å². The first-order valence-corrected chi connectivity index (χ1v) is 8.67. The van der Waals surface area contributed by atoms with Gasteiger partial charge in [-0.3, -0.25) is 19.9 Å². The second-order valence-electron chi connectivity index (χ2n) is 6.17. The molecular formula is C21H17N3O5. The Balaban J connectivity index is 1.58. The molecule has 8 nitrogen and oxygen atoms in total. The number of nitrogens with one attached hydrogen (secondary N) is 1. The average Bonchev–Trinajstić information content (AvgIpc) is 2.72. The fraction of sp³-hybridized carbons (Fsp3) is 0.0952. The second kappa shape index (κ2) is 8.75. The number of nitro benzene ring substituents is 1. The predicted octanol–water partition coefficient (Wildman–Crippen LogP) is 3.65. The van der Waals surface area contributed by atoms with Crippen molar-refractivity contribution in [1.82, 2.24) is 4.98 Å². The Kier molecular flexibility index (Phi) is 5.94. The number of benzene rings is 2. The molecule has 0 bridgehead atoms. The van der Waals surface area contributed by atoms with Crippen molar-refractivity contribution in [1.29, 1.82) is 0 Å². The molecule has 0 saturated carbocycles. The van der Waals surface area contributed by atoms with Gasteiger partial charge < -0.3 is 10.1 Å². The number of carbonyl (C=O) groups excluding carboxylic acids is 2. The van der Waals surface area contributed by atoms with Crippen LogP contribution in [0.2, 0.25) is 0 Å². The van der Waals surface area contributed by atoms with Crippen molar-refractivity contribution in [3.63, 3.8) is 0 Å². The molecular weight excluding hydrogens is 374 g/mol. The maximum Gasteiger partial charge on any atom is 0.331 e. The highest BCUT2D eigenvalue weighted by atomic mass is 16.6. The van der Waals surface area contributed by atoms with Crippen LogP contribution in [0.1, 0.15) is 11.1 Å². The van der Waals surface area contributed by atoms with E-state index in [9.17, 15) is 19.7 Å². The summed E-state index contributed by atoms with van der Waals surface area (Å²) < 4.78 is 4.92. The van der Waals surface area contributed by atoms with Crippen LogP contribution < -0.4 is 5.32 Å². The van der Waals surface area contributed by atoms with Crippen LogP contribution in [0.5, 0.6) is 0 Å². The van der Waals surface area contributed by atoms with Crippen molar-refractivity contribution in [3.8, 4) is 0 Å². The van der Waals surface area contributed by atoms with Crippen LogP contribution in [0.4, 0.5) is 11.4 Å². The number of carbonyl (C=O) groups is 2. The molecule has 0 unspecified atom stereocenters. The lowest BCUT2D eigenvalue weighted by Gasteiger charge is -2.06. The van der Waals surface area contributed by atoms with Gasteiger partial charge in [-0.25, -0.2) is 4.79 Å². The third kappa shape index (κ3) is 5.01. The second-order valence-corrected chi connectivity index (χ2v) is 6.17. The van der Waals surface area contributed by atoms with Crippen LogP contribution in [0.3, 0.4) is 0 Å². The number of esters is 1. The standard InChI is InChI=1S/C21H17N3O5/c1-14-7-9-17(12-18(14)24(27)28)23-19(25)13-29-20(26)10-8-16-5-2-4-15-6-3-11-22-21(15)16/h2-12H,13H2,1H3,(H,23,25)/b10-8+. The number of rotatable bonds is 6. The number of fused-ring (bicyclic) bond motifs is 1. The lowest BCUT2D eigenvalue weighted by atomic mass is 10.1. The summed E-state index contributed by atoms with van der Waals surface area (Å²) in [7, 11) is 0. The van der Waals surface area contributed by atoms with E-state index in [0.717, 1.165) is 16.5 Å². The fourth-order valence-electron chi connectivity index (χ4n) is 2.69. The molecule has 0 spiro atoms. The Labute approximate surface area is 166 Å². The molecule has 0 fully saturated rings. The Morgan fingerprint density at radius 1 is 1.21 bits per heavy atom. The van der Waals surface area contributed by atoms with Gasteiger partial charge in [-0.1, -0.05) is 30.3 Å². The molecule has 0 atom stereocenters.